The molecule has 0 spiro atoms. The van der Waals surface area contributed by atoms with Gasteiger partial charge in [0.25, 0.3) is 17.2 Å². The molecule has 3 heterocycles. The van der Waals surface area contributed by atoms with E-state index in [9.17, 15) is 18.0 Å². The molecule has 0 saturated carbocycles. The van der Waals surface area contributed by atoms with Crippen molar-refractivity contribution >= 4 is 16.7 Å². The Morgan fingerprint density at radius 1 is 1.10 bits per heavy atom. The van der Waals surface area contributed by atoms with Crippen LogP contribution in [-0.2, 0) is 19.1 Å². The molecule has 1 aromatic carbocycles. The molecule has 0 aliphatic rings. The Kier molecular flexibility index (Phi) is 4.80. The second-order valence-electron chi connectivity index (χ2n) is 6.46. The smallest absolute Gasteiger partial charge is 0.453 e. The zero-order chi connectivity index (χ0) is 21.5. The van der Waals surface area contributed by atoms with Gasteiger partial charge in [0.05, 0.1) is 25.1 Å². The number of halogens is 3. The van der Waals surface area contributed by atoms with Crippen LogP contribution in [0.2, 0.25) is 0 Å². The molecule has 0 saturated heterocycles. The summed E-state index contributed by atoms with van der Waals surface area (Å²) in [5, 5.41) is 3.61. The van der Waals surface area contributed by atoms with E-state index in [-0.39, 0.29) is 22.2 Å². The van der Waals surface area contributed by atoms with E-state index in [0.717, 1.165) is 10.1 Å². The van der Waals surface area contributed by atoms with Gasteiger partial charge in [0.15, 0.2) is 11.5 Å². The molecule has 0 N–H and O–H groups in total. The number of benzene rings is 1. The average Bonchev–Trinajstić information content (AvgIpc) is 3.18. The minimum Gasteiger partial charge on any atom is -0.493 e. The number of pyridine rings is 1. The molecule has 0 radical (unpaired) electrons. The highest BCUT2D eigenvalue weighted by molar-refractivity contribution is 5.78. The molecule has 4 rings (SSSR count). The fraction of sp³-hybridized carbons (Fsp3) is 0.263. The number of aromatic nitrogens is 5. The first-order valence-corrected chi connectivity index (χ1v) is 8.85. The summed E-state index contributed by atoms with van der Waals surface area (Å²) in [6.45, 7) is 0.355. The Morgan fingerprint density at radius 3 is 2.57 bits per heavy atom. The van der Waals surface area contributed by atoms with Crippen LogP contribution in [-0.4, -0.2) is 38.4 Å². The van der Waals surface area contributed by atoms with E-state index >= 15 is 0 Å². The molecule has 0 fully saturated rings. The maximum atomic E-state index is 12.9. The van der Waals surface area contributed by atoms with Gasteiger partial charge < -0.3 is 14.0 Å². The molecule has 4 aromatic rings. The van der Waals surface area contributed by atoms with Gasteiger partial charge in [-0.1, -0.05) is 6.07 Å². The van der Waals surface area contributed by atoms with Crippen molar-refractivity contribution in [2.75, 3.05) is 14.2 Å². The van der Waals surface area contributed by atoms with Gasteiger partial charge in [0.2, 0.25) is 0 Å². The fourth-order valence-electron chi connectivity index (χ4n) is 3.14. The summed E-state index contributed by atoms with van der Waals surface area (Å²) in [6.07, 6.45) is -1.44. The normalized spacial score (nSPS) is 11.9. The molecule has 156 valence electrons. The van der Waals surface area contributed by atoms with Gasteiger partial charge in [0, 0.05) is 18.9 Å². The molecular weight excluding hydrogens is 403 g/mol. The summed E-state index contributed by atoms with van der Waals surface area (Å²) in [5.41, 5.74) is 0.751. The van der Waals surface area contributed by atoms with Crippen LogP contribution in [0.25, 0.3) is 16.7 Å². The summed E-state index contributed by atoms with van der Waals surface area (Å²) in [6, 6.07) is 6.99. The minimum absolute atomic E-state index is 0.149. The number of rotatable bonds is 5. The largest absolute Gasteiger partial charge is 0.493 e. The van der Waals surface area contributed by atoms with E-state index in [0.29, 0.717) is 24.5 Å². The number of fused-ring (bicyclic) bond motifs is 3. The molecule has 0 aliphatic heterocycles. The van der Waals surface area contributed by atoms with E-state index in [1.54, 1.807) is 13.2 Å². The summed E-state index contributed by atoms with van der Waals surface area (Å²) in [4.78, 5) is 20.0. The van der Waals surface area contributed by atoms with Gasteiger partial charge in [-0.15, -0.1) is 5.10 Å². The summed E-state index contributed by atoms with van der Waals surface area (Å²) in [7, 11) is 3.08. The van der Waals surface area contributed by atoms with Crippen molar-refractivity contribution in [3.63, 3.8) is 0 Å². The zero-order valence-corrected chi connectivity index (χ0v) is 16.0. The lowest BCUT2D eigenvalue weighted by atomic mass is 10.1. The topological polar surface area (TPSA) is 83.5 Å². The van der Waals surface area contributed by atoms with Crippen LogP contribution in [0.3, 0.4) is 0 Å². The van der Waals surface area contributed by atoms with Gasteiger partial charge in [0.1, 0.15) is 0 Å². The van der Waals surface area contributed by atoms with Crippen LogP contribution in [0.1, 0.15) is 11.4 Å². The predicted molar refractivity (Wildman–Crippen MR) is 101 cm³/mol. The standard InChI is InChI=1S/C19H16F3N5O3/c1-29-14-4-3-11(9-15(14)30-2)5-7-26-8-6-13-12(16(26)28)10-23-18-24-17(19(20,21)22)25-27(13)18/h3-4,6,8-10H,5,7H2,1-2H3. The van der Waals surface area contributed by atoms with Crippen LogP contribution < -0.4 is 15.0 Å². The second kappa shape index (κ2) is 7.32. The van der Waals surface area contributed by atoms with Crippen LogP contribution in [0.5, 0.6) is 11.5 Å². The van der Waals surface area contributed by atoms with Crippen LogP contribution in [0.4, 0.5) is 13.2 Å². The average molecular weight is 419 g/mol. The molecule has 0 atom stereocenters. The Labute approximate surface area is 167 Å². The van der Waals surface area contributed by atoms with Crippen LogP contribution in [0, 0.1) is 0 Å². The maximum absolute atomic E-state index is 12.9. The quantitative estimate of drug-likeness (QED) is 0.495. The Hall–Kier alpha value is -3.63. The highest BCUT2D eigenvalue weighted by atomic mass is 19.4. The number of nitrogens with zero attached hydrogens (tertiary/aromatic N) is 5. The third-order valence-corrected chi connectivity index (χ3v) is 4.65. The van der Waals surface area contributed by atoms with Gasteiger partial charge in [-0.25, -0.2) is 4.98 Å². The van der Waals surface area contributed by atoms with Crippen molar-refractivity contribution in [3.8, 4) is 11.5 Å². The molecule has 30 heavy (non-hydrogen) atoms. The summed E-state index contributed by atoms with van der Waals surface area (Å²) >= 11 is 0. The highest BCUT2D eigenvalue weighted by Crippen LogP contribution is 2.28. The van der Waals surface area contributed by atoms with Gasteiger partial charge >= 0.3 is 6.18 Å². The van der Waals surface area contributed by atoms with Crippen molar-refractivity contribution in [2.45, 2.75) is 19.1 Å². The van der Waals surface area contributed by atoms with E-state index in [4.69, 9.17) is 9.47 Å². The molecule has 11 heteroatoms. The Bertz CT molecular complexity index is 1300. The van der Waals surface area contributed by atoms with E-state index in [1.807, 2.05) is 12.1 Å². The third-order valence-electron chi connectivity index (χ3n) is 4.65. The second-order valence-corrected chi connectivity index (χ2v) is 6.46. The lowest BCUT2D eigenvalue weighted by Crippen LogP contribution is -2.21. The summed E-state index contributed by atoms with van der Waals surface area (Å²) < 4.78 is 51.5. The number of methoxy groups -OCH3 is 2. The summed E-state index contributed by atoms with van der Waals surface area (Å²) in [5.74, 6) is -0.346. The molecule has 0 bridgehead atoms. The molecular formula is C19H16F3N5O3. The number of hydrogen-bond donors (Lipinski definition) is 0. The fourth-order valence-corrected chi connectivity index (χ4v) is 3.14. The SMILES string of the molecule is COc1ccc(CCn2ccc3c(cnc4nc(C(F)(F)F)nn43)c2=O)cc1OC. The minimum atomic E-state index is -4.70. The first-order chi connectivity index (χ1) is 14.3. The van der Waals surface area contributed by atoms with Crippen molar-refractivity contribution in [1.29, 1.82) is 0 Å². The van der Waals surface area contributed by atoms with E-state index < -0.39 is 12.0 Å². The zero-order valence-electron chi connectivity index (χ0n) is 16.0. The molecule has 8 nitrogen and oxygen atoms in total. The van der Waals surface area contributed by atoms with Crippen molar-refractivity contribution in [1.82, 2.24) is 24.1 Å². The Morgan fingerprint density at radius 2 is 1.87 bits per heavy atom. The molecule has 0 unspecified atom stereocenters. The monoisotopic (exact) mass is 419 g/mol. The lowest BCUT2D eigenvalue weighted by Gasteiger charge is -2.11. The van der Waals surface area contributed by atoms with Crippen LogP contribution in [0.15, 0.2) is 41.5 Å². The van der Waals surface area contributed by atoms with Gasteiger partial charge in [-0.3, -0.25) is 4.79 Å². The highest BCUT2D eigenvalue weighted by Gasteiger charge is 2.36. The number of alkyl halides is 3. The van der Waals surface area contributed by atoms with Crippen molar-refractivity contribution in [2.24, 2.45) is 0 Å². The number of aryl methyl sites for hydroxylation is 2. The van der Waals surface area contributed by atoms with Gasteiger partial charge in [-0.2, -0.15) is 22.7 Å². The van der Waals surface area contributed by atoms with Crippen LogP contribution >= 0.6 is 0 Å². The van der Waals surface area contributed by atoms with E-state index in [1.165, 1.54) is 30.1 Å². The molecule has 0 aliphatic carbocycles. The third kappa shape index (κ3) is 3.42. The Balaban J connectivity index is 1.67. The lowest BCUT2D eigenvalue weighted by molar-refractivity contribution is -0.144. The van der Waals surface area contributed by atoms with Gasteiger partial charge in [-0.05, 0) is 30.2 Å². The van der Waals surface area contributed by atoms with E-state index in [2.05, 4.69) is 15.1 Å². The molecule has 0 amide bonds. The predicted octanol–water partition coefficient (Wildman–Crippen LogP) is 2.72. The molecule has 3 aromatic heterocycles. The number of ether oxygens (including phenoxy) is 2. The number of hydrogen-bond acceptors (Lipinski definition) is 6. The van der Waals surface area contributed by atoms with Crippen molar-refractivity contribution < 1.29 is 22.6 Å². The maximum Gasteiger partial charge on any atom is 0.453 e. The first-order valence-electron chi connectivity index (χ1n) is 8.85. The first kappa shape index (κ1) is 19.7. The van der Waals surface area contributed by atoms with Crippen molar-refractivity contribution in [3.05, 3.63) is 58.4 Å².